The van der Waals surface area contributed by atoms with Gasteiger partial charge in [-0.15, -0.1) is 0 Å². The van der Waals surface area contributed by atoms with Gasteiger partial charge in [0.25, 0.3) is 10.0 Å². The van der Waals surface area contributed by atoms with E-state index >= 15 is 0 Å². The van der Waals surface area contributed by atoms with Gasteiger partial charge in [0.2, 0.25) is 11.8 Å². The fraction of sp³-hybridized carbons (Fsp3) is 0.217. The largest absolute Gasteiger partial charge is 0.345 e. The number of carbonyl (C=O) groups is 2. The molecule has 0 bridgehead atoms. The third-order valence-corrected chi connectivity index (χ3v) is 7.16. The molecule has 8 heteroatoms. The molecule has 0 saturated heterocycles. The molecular weight excluding hydrogens is 414 g/mol. The predicted molar refractivity (Wildman–Crippen MR) is 121 cm³/mol. The minimum Gasteiger partial charge on any atom is -0.345 e. The van der Waals surface area contributed by atoms with Gasteiger partial charge in [0.15, 0.2) is 0 Å². The van der Waals surface area contributed by atoms with Gasteiger partial charge in [-0.05, 0) is 49.4 Å². The van der Waals surface area contributed by atoms with Crippen LogP contribution in [0.5, 0.6) is 0 Å². The van der Waals surface area contributed by atoms with Gasteiger partial charge < -0.3 is 10.6 Å². The molecule has 3 aromatic carbocycles. The number of hydrogen-bond donors (Lipinski definition) is 2. The van der Waals surface area contributed by atoms with Crippen LogP contribution in [0.2, 0.25) is 0 Å². The van der Waals surface area contributed by atoms with Crippen LogP contribution < -0.4 is 14.9 Å². The number of aryl methyl sites for hydroxylation is 3. The molecule has 0 aliphatic carbocycles. The van der Waals surface area contributed by atoms with Crippen molar-refractivity contribution in [2.75, 3.05) is 22.7 Å². The lowest BCUT2D eigenvalue weighted by atomic mass is 10.1. The third-order valence-electron chi connectivity index (χ3n) is 5.36. The van der Waals surface area contributed by atoms with Crippen LogP contribution in [0, 0.1) is 20.8 Å². The van der Waals surface area contributed by atoms with Crippen molar-refractivity contribution in [2.45, 2.75) is 25.7 Å². The van der Waals surface area contributed by atoms with E-state index in [0.717, 1.165) is 26.4 Å². The molecule has 31 heavy (non-hydrogen) atoms. The number of rotatable bonds is 5. The Hall–Kier alpha value is -3.39. The van der Waals surface area contributed by atoms with Crippen molar-refractivity contribution in [3.8, 4) is 0 Å². The monoisotopic (exact) mass is 437 g/mol. The van der Waals surface area contributed by atoms with Crippen LogP contribution in [0.3, 0.4) is 0 Å². The summed E-state index contributed by atoms with van der Waals surface area (Å²) in [5.41, 5.74) is 4.16. The van der Waals surface area contributed by atoms with Crippen LogP contribution in [0.15, 0.2) is 53.4 Å². The molecule has 0 saturated carbocycles. The van der Waals surface area contributed by atoms with Crippen LogP contribution in [0.25, 0.3) is 10.8 Å². The van der Waals surface area contributed by atoms with Crippen molar-refractivity contribution in [3.63, 3.8) is 0 Å². The molecule has 1 aliphatic rings. The molecule has 0 fully saturated rings. The molecule has 7 nitrogen and oxygen atoms in total. The Morgan fingerprint density at radius 2 is 1.58 bits per heavy atom. The summed E-state index contributed by atoms with van der Waals surface area (Å²) < 4.78 is 27.0. The van der Waals surface area contributed by atoms with E-state index in [1.54, 1.807) is 24.3 Å². The van der Waals surface area contributed by atoms with Gasteiger partial charge in [-0.2, -0.15) is 0 Å². The van der Waals surface area contributed by atoms with E-state index in [2.05, 4.69) is 10.6 Å². The first-order chi connectivity index (χ1) is 14.7. The minimum atomic E-state index is -3.82. The van der Waals surface area contributed by atoms with Gasteiger partial charge in [0.05, 0.1) is 17.1 Å². The predicted octanol–water partition coefficient (Wildman–Crippen LogP) is 3.03. The molecule has 0 unspecified atom stereocenters. The van der Waals surface area contributed by atoms with E-state index < -0.39 is 22.5 Å². The number of sulfonamides is 1. The molecule has 0 spiro atoms. The standard InChI is InChI=1S/C23H23N3O4S/c1-14-10-15(2)23(16(3)11-14)25-20(27)12-24-21(28)13-26-18-8-4-6-17-7-5-9-19(22(17)18)31(26,29)30/h4-11H,12-13H2,1-3H3,(H,24,28)(H,25,27). The smallest absolute Gasteiger partial charge is 0.265 e. The summed E-state index contributed by atoms with van der Waals surface area (Å²) in [5.74, 6) is -0.932. The molecular formula is C23H23N3O4S. The summed E-state index contributed by atoms with van der Waals surface area (Å²) in [6.07, 6.45) is 0. The first-order valence-corrected chi connectivity index (χ1v) is 11.3. The molecule has 1 heterocycles. The SMILES string of the molecule is Cc1cc(C)c(NC(=O)CNC(=O)CN2c3cccc4cccc(c34)S2(=O)=O)c(C)c1. The summed E-state index contributed by atoms with van der Waals surface area (Å²) in [7, 11) is -3.82. The maximum absolute atomic E-state index is 12.9. The molecule has 1 aliphatic heterocycles. The summed E-state index contributed by atoms with van der Waals surface area (Å²) in [6, 6.07) is 14.3. The number of benzene rings is 3. The van der Waals surface area contributed by atoms with Crippen LogP contribution >= 0.6 is 0 Å². The Bertz CT molecular complexity index is 1300. The Morgan fingerprint density at radius 1 is 0.935 bits per heavy atom. The lowest BCUT2D eigenvalue weighted by Crippen LogP contribution is -2.41. The first kappa shape index (κ1) is 20.9. The Labute approximate surface area is 181 Å². The highest BCUT2D eigenvalue weighted by Crippen LogP contribution is 2.41. The van der Waals surface area contributed by atoms with E-state index in [4.69, 9.17) is 0 Å². The van der Waals surface area contributed by atoms with Crippen LogP contribution in [0.4, 0.5) is 11.4 Å². The van der Waals surface area contributed by atoms with Crippen molar-refractivity contribution in [1.29, 1.82) is 0 Å². The van der Waals surface area contributed by atoms with Gasteiger partial charge in [-0.25, -0.2) is 8.42 Å². The quantitative estimate of drug-likeness (QED) is 0.641. The maximum Gasteiger partial charge on any atom is 0.265 e. The van der Waals surface area contributed by atoms with Crippen molar-refractivity contribution in [1.82, 2.24) is 5.32 Å². The molecule has 0 atom stereocenters. The summed E-state index contributed by atoms with van der Waals surface area (Å²) in [5, 5.41) is 6.74. The van der Waals surface area contributed by atoms with Gasteiger partial charge in [0.1, 0.15) is 6.54 Å². The van der Waals surface area contributed by atoms with E-state index in [-0.39, 0.29) is 17.3 Å². The first-order valence-electron chi connectivity index (χ1n) is 9.87. The van der Waals surface area contributed by atoms with Crippen molar-refractivity contribution < 1.29 is 18.0 Å². The molecule has 0 aromatic heterocycles. The van der Waals surface area contributed by atoms with E-state index in [9.17, 15) is 18.0 Å². The highest BCUT2D eigenvalue weighted by Gasteiger charge is 2.36. The van der Waals surface area contributed by atoms with Crippen LogP contribution in [0.1, 0.15) is 16.7 Å². The Morgan fingerprint density at radius 3 is 2.26 bits per heavy atom. The molecule has 160 valence electrons. The number of nitrogens with one attached hydrogen (secondary N) is 2. The van der Waals surface area contributed by atoms with Gasteiger partial charge >= 0.3 is 0 Å². The highest BCUT2D eigenvalue weighted by molar-refractivity contribution is 7.93. The molecule has 3 aromatic rings. The number of nitrogens with zero attached hydrogens (tertiary/aromatic N) is 1. The van der Waals surface area contributed by atoms with Crippen molar-refractivity contribution in [3.05, 3.63) is 65.2 Å². The zero-order valence-corrected chi connectivity index (χ0v) is 18.3. The van der Waals surface area contributed by atoms with Gasteiger partial charge in [-0.1, -0.05) is 42.0 Å². The summed E-state index contributed by atoms with van der Waals surface area (Å²) in [6.45, 7) is 5.15. The van der Waals surface area contributed by atoms with E-state index in [0.29, 0.717) is 16.8 Å². The molecule has 2 amide bonds. The summed E-state index contributed by atoms with van der Waals surface area (Å²) in [4.78, 5) is 25.0. The van der Waals surface area contributed by atoms with Crippen LogP contribution in [-0.4, -0.2) is 33.3 Å². The molecule has 2 N–H and O–H groups in total. The Balaban J connectivity index is 1.44. The van der Waals surface area contributed by atoms with Gasteiger partial charge in [0, 0.05) is 11.1 Å². The zero-order valence-electron chi connectivity index (χ0n) is 17.5. The van der Waals surface area contributed by atoms with Crippen molar-refractivity contribution >= 4 is 44.0 Å². The summed E-state index contributed by atoms with van der Waals surface area (Å²) >= 11 is 0. The second-order valence-corrected chi connectivity index (χ2v) is 9.57. The number of hydrogen-bond acceptors (Lipinski definition) is 4. The highest BCUT2D eigenvalue weighted by atomic mass is 32.2. The lowest BCUT2D eigenvalue weighted by Gasteiger charge is -2.18. The average molecular weight is 438 g/mol. The third kappa shape index (κ3) is 3.74. The van der Waals surface area contributed by atoms with E-state index in [1.807, 2.05) is 45.0 Å². The minimum absolute atomic E-state index is 0.191. The zero-order chi connectivity index (χ0) is 22.3. The second kappa shape index (κ2) is 7.70. The normalized spacial score (nSPS) is 14.0. The van der Waals surface area contributed by atoms with Gasteiger partial charge in [-0.3, -0.25) is 13.9 Å². The second-order valence-electron chi connectivity index (χ2n) is 7.74. The number of anilines is 2. The van der Waals surface area contributed by atoms with Crippen LogP contribution in [-0.2, 0) is 19.6 Å². The molecule has 4 rings (SSSR count). The Kier molecular flexibility index (Phi) is 5.18. The number of amides is 2. The fourth-order valence-electron chi connectivity index (χ4n) is 4.05. The fourth-order valence-corrected chi connectivity index (χ4v) is 5.72. The topological polar surface area (TPSA) is 95.6 Å². The van der Waals surface area contributed by atoms with Crippen molar-refractivity contribution in [2.24, 2.45) is 0 Å². The maximum atomic E-state index is 12.9. The molecule has 0 radical (unpaired) electrons. The number of carbonyl (C=O) groups excluding carboxylic acids is 2. The average Bonchev–Trinajstić information content (AvgIpc) is 2.92. The van der Waals surface area contributed by atoms with E-state index in [1.165, 1.54) is 0 Å². The lowest BCUT2D eigenvalue weighted by molar-refractivity contribution is -0.123.